The molecule has 0 aliphatic heterocycles. The Balaban J connectivity index is 1.78. The van der Waals surface area contributed by atoms with Crippen LogP contribution in [-0.4, -0.2) is 28.1 Å². The van der Waals surface area contributed by atoms with Crippen molar-refractivity contribution in [1.82, 2.24) is 9.13 Å². The maximum absolute atomic E-state index is 12.7. The fourth-order valence-corrected chi connectivity index (χ4v) is 2.98. The molecule has 9 nitrogen and oxygen atoms in total. The summed E-state index contributed by atoms with van der Waals surface area (Å²) in [5.41, 5.74) is 0.295. The molecule has 2 amide bonds. The summed E-state index contributed by atoms with van der Waals surface area (Å²) in [5.74, 6) is -0.355. The van der Waals surface area contributed by atoms with E-state index in [1.54, 1.807) is 48.5 Å². The van der Waals surface area contributed by atoms with Crippen molar-refractivity contribution in [2.45, 2.75) is 0 Å². The van der Waals surface area contributed by atoms with Crippen molar-refractivity contribution < 1.29 is 14.3 Å². The molecule has 0 fully saturated rings. The quantitative estimate of drug-likeness (QED) is 0.577. The summed E-state index contributed by atoms with van der Waals surface area (Å²) in [6.07, 6.45) is 3.83. The van der Waals surface area contributed by atoms with Crippen LogP contribution in [0.4, 0.5) is 11.4 Å². The van der Waals surface area contributed by atoms with Gasteiger partial charge in [0.15, 0.2) is 0 Å². The van der Waals surface area contributed by atoms with Crippen molar-refractivity contribution in [3.05, 3.63) is 92.8 Å². The second kappa shape index (κ2) is 9.61. The Hall–Kier alpha value is -4.40. The molecule has 0 radical (unpaired) electrons. The third-order valence-electron chi connectivity index (χ3n) is 4.64. The Morgan fingerprint density at radius 2 is 1.75 bits per heavy atom. The van der Waals surface area contributed by atoms with Gasteiger partial charge in [-0.05, 0) is 30.3 Å². The molecule has 2 aromatic carbocycles. The molecule has 0 atom stereocenters. The number of methoxy groups -OCH3 is 1. The standard InChI is InChI=1S/C23H22N4O5/c1-26-14-15(22(30)27(2)23(26)31)11-12-20(28)25-19-10-5-4-9-18(19)21(29)24-16-7-6-8-17(13-16)32-3/h4-14H,1-3H3,(H,24,29)(H,25,28)/b12-11+. The predicted octanol–water partition coefficient (Wildman–Crippen LogP) is 2.00. The lowest BCUT2D eigenvalue weighted by atomic mass is 10.1. The Morgan fingerprint density at radius 3 is 2.50 bits per heavy atom. The molecule has 0 unspecified atom stereocenters. The number of benzene rings is 2. The van der Waals surface area contributed by atoms with E-state index in [1.165, 1.54) is 38.0 Å². The van der Waals surface area contributed by atoms with Crippen molar-refractivity contribution in [2.75, 3.05) is 17.7 Å². The van der Waals surface area contributed by atoms with E-state index >= 15 is 0 Å². The monoisotopic (exact) mass is 434 g/mol. The Kier molecular flexibility index (Phi) is 6.69. The van der Waals surface area contributed by atoms with Gasteiger partial charge in [0.2, 0.25) is 5.91 Å². The zero-order chi connectivity index (χ0) is 23.3. The number of nitrogens with zero attached hydrogens (tertiary/aromatic N) is 2. The Labute approximate surface area is 183 Å². The molecule has 0 aliphatic carbocycles. The van der Waals surface area contributed by atoms with Crippen molar-refractivity contribution in [3.8, 4) is 5.75 Å². The molecule has 164 valence electrons. The molecule has 3 rings (SSSR count). The van der Waals surface area contributed by atoms with Crippen LogP contribution in [0.5, 0.6) is 5.75 Å². The lowest BCUT2D eigenvalue weighted by Crippen LogP contribution is -2.37. The summed E-state index contributed by atoms with van der Waals surface area (Å²) < 4.78 is 7.35. The number of amides is 2. The summed E-state index contributed by atoms with van der Waals surface area (Å²) in [6, 6.07) is 13.4. The smallest absolute Gasteiger partial charge is 0.330 e. The van der Waals surface area contributed by atoms with E-state index in [4.69, 9.17) is 4.74 Å². The van der Waals surface area contributed by atoms with Crippen molar-refractivity contribution in [3.63, 3.8) is 0 Å². The van der Waals surface area contributed by atoms with Gasteiger partial charge in [-0.25, -0.2) is 4.79 Å². The van der Waals surface area contributed by atoms with E-state index in [2.05, 4.69) is 10.6 Å². The van der Waals surface area contributed by atoms with E-state index in [1.807, 2.05) is 0 Å². The zero-order valence-electron chi connectivity index (χ0n) is 17.8. The number of rotatable bonds is 6. The summed E-state index contributed by atoms with van der Waals surface area (Å²) in [5, 5.41) is 5.41. The molecule has 0 saturated carbocycles. The number of hydrogen-bond donors (Lipinski definition) is 2. The van der Waals surface area contributed by atoms with Gasteiger partial charge in [-0.1, -0.05) is 18.2 Å². The molecule has 3 aromatic rings. The number of aryl methyl sites for hydroxylation is 1. The molecule has 1 aromatic heterocycles. The molecule has 0 spiro atoms. The van der Waals surface area contributed by atoms with Crippen LogP contribution >= 0.6 is 0 Å². The largest absolute Gasteiger partial charge is 0.497 e. The highest BCUT2D eigenvalue weighted by atomic mass is 16.5. The molecule has 9 heteroatoms. The maximum atomic E-state index is 12.7. The van der Waals surface area contributed by atoms with E-state index < -0.39 is 23.1 Å². The Morgan fingerprint density at radius 1 is 1.00 bits per heavy atom. The number of para-hydroxylation sites is 1. The molecule has 32 heavy (non-hydrogen) atoms. The van der Waals surface area contributed by atoms with E-state index in [0.29, 0.717) is 17.1 Å². The summed E-state index contributed by atoms with van der Waals surface area (Å²) in [4.78, 5) is 49.1. The lowest BCUT2D eigenvalue weighted by Gasteiger charge is -2.11. The second-order valence-corrected chi connectivity index (χ2v) is 6.90. The SMILES string of the molecule is COc1cccc(NC(=O)c2ccccc2NC(=O)/C=C/c2cn(C)c(=O)n(C)c2=O)c1. The zero-order valence-corrected chi connectivity index (χ0v) is 17.8. The van der Waals surface area contributed by atoms with Crippen LogP contribution in [0.1, 0.15) is 15.9 Å². The van der Waals surface area contributed by atoms with E-state index in [9.17, 15) is 19.2 Å². The molecule has 0 aliphatic rings. The number of anilines is 2. The first-order valence-electron chi connectivity index (χ1n) is 9.60. The maximum Gasteiger partial charge on any atom is 0.330 e. The predicted molar refractivity (Wildman–Crippen MR) is 122 cm³/mol. The van der Waals surface area contributed by atoms with Gasteiger partial charge in [-0.3, -0.25) is 19.0 Å². The molecule has 1 heterocycles. The first-order chi connectivity index (χ1) is 15.3. The normalized spacial score (nSPS) is 10.7. The third-order valence-corrected chi connectivity index (χ3v) is 4.64. The molecular weight excluding hydrogens is 412 g/mol. The average molecular weight is 434 g/mol. The van der Waals surface area contributed by atoms with Gasteiger partial charge in [-0.2, -0.15) is 0 Å². The highest BCUT2D eigenvalue weighted by Crippen LogP contribution is 2.20. The first kappa shape index (κ1) is 22.3. The summed E-state index contributed by atoms with van der Waals surface area (Å²) in [6.45, 7) is 0. The van der Waals surface area contributed by atoms with Gasteiger partial charge >= 0.3 is 5.69 Å². The fraction of sp³-hybridized carbons (Fsp3) is 0.130. The van der Waals surface area contributed by atoms with Gasteiger partial charge in [-0.15, -0.1) is 0 Å². The number of hydrogen-bond acceptors (Lipinski definition) is 5. The third kappa shape index (κ3) is 5.01. The fourth-order valence-electron chi connectivity index (χ4n) is 2.98. The minimum Gasteiger partial charge on any atom is -0.497 e. The summed E-state index contributed by atoms with van der Waals surface area (Å²) in [7, 11) is 4.40. The number of ether oxygens (including phenoxy) is 1. The first-order valence-corrected chi connectivity index (χ1v) is 9.60. The minimum absolute atomic E-state index is 0.175. The minimum atomic E-state index is -0.539. The van der Waals surface area contributed by atoms with Crippen LogP contribution in [0, 0.1) is 0 Å². The van der Waals surface area contributed by atoms with Crippen LogP contribution in [0.2, 0.25) is 0 Å². The van der Waals surface area contributed by atoms with Crippen LogP contribution in [-0.2, 0) is 18.9 Å². The number of carbonyl (C=O) groups excluding carboxylic acids is 2. The summed E-state index contributed by atoms with van der Waals surface area (Å²) >= 11 is 0. The molecule has 0 saturated heterocycles. The van der Waals surface area contributed by atoms with Crippen LogP contribution < -0.4 is 26.6 Å². The van der Waals surface area contributed by atoms with E-state index in [0.717, 1.165) is 10.6 Å². The number of carbonyl (C=O) groups is 2. The van der Waals surface area contributed by atoms with Gasteiger partial charge in [0.05, 0.1) is 23.9 Å². The van der Waals surface area contributed by atoms with Gasteiger partial charge in [0, 0.05) is 38.1 Å². The molecule has 0 bridgehead atoms. The van der Waals surface area contributed by atoms with Crippen LogP contribution in [0.25, 0.3) is 6.08 Å². The number of nitrogens with one attached hydrogen (secondary N) is 2. The lowest BCUT2D eigenvalue weighted by molar-refractivity contribution is -0.111. The van der Waals surface area contributed by atoms with Crippen LogP contribution in [0.3, 0.4) is 0 Å². The highest BCUT2D eigenvalue weighted by Gasteiger charge is 2.13. The second-order valence-electron chi connectivity index (χ2n) is 6.90. The highest BCUT2D eigenvalue weighted by molar-refractivity contribution is 6.11. The topological polar surface area (TPSA) is 111 Å². The van der Waals surface area contributed by atoms with Gasteiger partial charge in [0.25, 0.3) is 11.5 Å². The Bertz CT molecular complexity index is 1320. The van der Waals surface area contributed by atoms with E-state index in [-0.39, 0.29) is 11.1 Å². The molecule has 2 N–H and O–H groups in total. The van der Waals surface area contributed by atoms with Gasteiger partial charge < -0.3 is 19.9 Å². The molecular formula is C23H22N4O5. The average Bonchev–Trinajstić information content (AvgIpc) is 2.79. The van der Waals surface area contributed by atoms with Gasteiger partial charge in [0.1, 0.15) is 5.75 Å². The van der Waals surface area contributed by atoms with Crippen molar-refractivity contribution in [2.24, 2.45) is 14.1 Å². The van der Waals surface area contributed by atoms with Crippen molar-refractivity contribution >= 4 is 29.3 Å². The van der Waals surface area contributed by atoms with Crippen LogP contribution in [0.15, 0.2) is 70.4 Å². The number of aromatic nitrogens is 2. The van der Waals surface area contributed by atoms with Crippen molar-refractivity contribution in [1.29, 1.82) is 0 Å².